The molecule has 0 spiro atoms. The van der Waals surface area contributed by atoms with Gasteiger partial charge in [0.05, 0.1) is 0 Å². The van der Waals surface area contributed by atoms with E-state index >= 15 is 0 Å². The first kappa shape index (κ1) is 11.1. The summed E-state index contributed by atoms with van der Waals surface area (Å²) in [6.07, 6.45) is 3.95. The van der Waals surface area contributed by atoms with E-state index in [1.165, 1.54) is 11.0 Å². The molecule has 16 heavy (non-hydrogen) atoms. The molecular formula is C10H17N5O. The zero-order valence-corrected chi connectivity index (χ0v) is 9.41. The zero-order chi connectivity index (χ0) is 11.5. The molecule has 1 saturated heterocycles. The summed E-state index contributed by atoms with van der Waals surface area (Å²) < 4.78 is 1.53. The van der Waals surface area contributed by atoms with Gasteiger partial charge in [-0.3, -0.25) is 4.79 Å². The van der Waals surface area contributed by atoms with Gasteiger partial charge in [-0.1, -0.05) is 6.92 Å². The second-order valence-electron chi connectivity index (χ2n) is 4.36. The minimum Gasteiger partial charge on any atom is -0.340 e. The molecular weight excluding hydrogens is 206 g/mol. The van der Waals surface area contributed by atoms with Crippen LogP contribution in [0.5, 0.6) is 0 Å². The third-order valence-corrected chi connectivity index (χ3v) is 3.13. The highest BCUT2D eigenvalue weighted by molar-refractivity contribution is 5.76. The van der Waals surface area contributed by atoms with Crippen LogP contribution in [0.4, 0.5) is 0 Å². The third-order valence-electron chi connectivity index (χ3n) is 3.13. The number of nitrogens with zero attached hydrogens (tertiary/aromatic N) is 4. The molecule has 2 unspecified atom stereocenters. The van der Waals surface area contributed by atoms with E-state index in [1.54, 1.807) is 6.33 Å². The molecule has 1 aliphatic heterocycles. The summed E-state index contributed by atoms with van der Waals surface area (Å²) in [4.78, 5) is 17.5. The molecule has 0 aliphatic carbocycles. The number of carbonyl (C=O) groups is 1. The quantitative estimate of drug-likeness (QED) is 0.731. The zero-order valence-electron chi connectivity index (χ0n) is 9.41. The number of amides is 1. The van der Waals surface area contributed by atoms with E-state index in [1.807, 2.05) is 4.90 Å². The van der Waals surface area contributed by atoms with Crippen LogP contribution in [0.2, 0.25) is 0 Å². The number of piperidine rings is 1. The summed E-state index contributed by atoms with van der Waals surface area (Å²) in [6.45, 7) is 3.82. The topological polar surface area (TPSA) is 77.0 Å². The molecule has 1 fully saturated rings. The van der Waals surface area contributed by atoms with Crippen molar-refractivity contribution in [3.63, 3.8) is 0 Å². The molecule has 2 atom stereocenters. The summed E-state index contributed by atoms with van der Waals surface area (Å²) in [5.74, 6) is 0.559. The van der Waals surface area contributed by atoms with Crippen LogP contribution in [0.25, 0.3) is 0 Å². The van der Waals surface area contributed by atoms with Gasteiger partial charge in [0, 0.05) is 19.1 Å². The highest BCUT2D eigenvalue weighted by Gasteiger charge is 2.26. The van der Waals surface area contributed by atoms with Crippen molar-refractivity contribution in [1.82, 2.24) is 19.7 Å². The lowest BCUT2D eigenvalue weighted by molar-refractivity contribution is -0.133. The molecule has 0 bridgehead atoms. The molecule has 0 aromatic carbocycles. The maximum absolute atomic E-state index is 11.9. The molecule has 6 heteroatoms. The molecule has 2 N–H and O–H groups in total. The average Bonchev–Trinajstić information content (AvgIpc) is 2.74. The Hall–Kier alpha value is -1.43. The van der Waals surface area contributed by atoms with Crippen LogP contribution in [0.1, 0.15) is 13.3 Å². The smallest absolute Gasteiger partial charge is 0.244 e. The first-order chi connectivity index (χ1) is 7.66. The fourth-order valence-electron chi connectivity index (χ4n) is 1.88. The van der Waals surface area contributed by atoms with Gasteiger partial charge in [-0.2, -0.15) is 5.10 Å². The Balaban J connectivity index is 1.90. The SMILES string of the molecule is CC1CCN(C(=O)Cn2cncn2)CC1N. The van der Waals surface area contributed by atoms with Crippen molar-refractivity contribution >= 4 is 5.91 Å². The summed E-state index contributed by atoms with van der Waals surface area (Å²) >= 11 is 0. The largest absolute Gasteiger partial charge is 0.340 e. The molecule has 2 rings (SSSR count). The molecule has 0 radical (unpaired) electrons. The van der Waals surface area contributed by atoms with Gasteiger partial charge in [0.25, 0.3) is 0 Å². The number of hydrogen-bond donors (Lipinski definition) is 1. The Morgan fingerprint density at radius 2 is 2.44 bits per heavy atom. The van der Waals surface area contributed by atoms with Crippen LogP contribution in [0.15, 0.2) is 12.7 Å². The van der Waals surface area contributed by atoms with E-state index in [2.05, 4.69) is 17.0 Å². The lowest BCUT2D eigenvalue weighted by Gasteiger charge is -2.35. The highest BCUT2D eigenvalue weighted by Crippen LogP contribution is 2.15. The van der Waals surface area contributed by atoms with Crippen LogP contribution >= 0.6 is 0 Å². The van der Waals surface area contributed by atoms with Gasteiger partial charge in [-0.05, 0) is 12.3 Å². The number of nitrogens with two attached hydrogens (primary N) is 1. The number of rotatable bonds is 2. The Morgan fingerprint density at radius 1 is 1.62 bits per heavy atom. The summed E-state index contributed by atoms with van der Waals surface area (Å²) in [6, 6.07) is 0.0912. The second kappa shape index (κ2) is 4.61. The first-order valence-corrected chi connectivity index (χ1v) is 5.52. The molecule has 6 nitrogen and oxygen atoms in total. The Kier molecular flexibility index (Phi) is 3.19. The van der Waals surface area contributed by atoms with Crippen LogP contribution in [0, 0.1) is 5.92 Å². The van der Waals surface area contributed by atoms with Gasteiger partial charge in [0.1, 0.15) is 19.2 Å². The maximum atomic E-state index is 11.9. The summed E-state index contributed by atoms with van der Waals surface area (Å²) in [5.41, 5.74) is 5.95. The number of hydrogen-bond acceptors (Lipinski definition) is 4. The summed E-state index contributed by atoms with van der Waals surface area (Å²) in [5, 5.41) is 3.91. The van der Waals surface area contributed by atoms with E-state index in [9.17, 15) is 4.79 Å². The Labute approximate surface area is 94.4 Å². The van der Waals surface area contributed by atoms with Crippen LogP contribution in [-0.4, -0.2) is 44.7 Å². The molecule has 1 aromatic rings. The van der Waals surface area contributed by atoms with Gasteiger partial charge in [0.15, 0.2) is 0 Å². The maximum Gasteiger partial charge on any atom is 0.244 e. The van der Waals surface area contributed by atoms with E-state index in [0.29, 0.717) is 12.5 Å². The standard InChI is InChI=1S/C10H17N5O/c1-8-2-3-14(4-9(8)11)10(16)5-15-7-12-6-13-15/h6-9H,2-5,11H2,1H3. The monoisotopic (exact) mass is 223 g/mol. The number of carbonyl (C=O) groups excluding carboxylic acids is 1. The molecule has 1 amide bonds. The van der Waals surface area contributed by atoms with Crippen molar-refractivity contribution in [3.8, 4) is 0 Å². The van der Waals surface area contributed by atoms with Crippen LogP contribution in [0.3, 0.4) is 0 Å². The van der Waals surface area contributed by atoms with Crippen LogP contribution in [-0.2, 0) is 11.3 Å². The van der Waals surface area contributed by atoms with Gasteiger partial charge < -0.3 is 10.6 Å². The van der Waals surface area contributed by atoms with Crippen molar-refractivity contribution in [2.75, 3.05) is 13.1 Å². The predicted octanol–water partition coefficient (Wildman–Crippen LogP) is -0.526. The highest BCUT2D eigenvalue weighted by atomic mass is 16.2. The van der Waals surface area contributed by atoms with Gasteiger partial charge in [-0.25, -0.2) is 9.67 Å². The number of aromatic nitrogens is 3. The Bertz CT molecular complexity index is 350. The third kappa shape index (κ3) is 2.38. The van der Waals surface area contributed by atoms with Crippen LogP contribution < -0.4 is 5.73 Å². The van der Waals surface area contributed by atoms with Gasteiger partial charge in [-0.15, -0.1) is 0 Å². The molecule has 2 heterocycles. The number of likely N-dealkylation sites (tertiary alicyclic amines) is 1. The van der Waals surface area contributed by atoms with E-state index in [-0.39, 0.29) is 18.5 Å². The molecule has 88 valence electrons. The van der Waals surface area contributed by atoms with Crippen molar-refractivity contribution < 1.29 is 4.79 Å². The minimum atomic E-state index is 0.0628. The minimum absolute atomic E-state index is 0.0628. The molecule has 0 saturated carbocycles. The molecule has 1 aromatic heterocycles. The van der Waals surface area contributed by atoms with Gasteiger partial charge in [0.2, 0.25) is 5.91 Å². The fraction of sp³-hybridized carbons (Fsp3) is 0.700. The van der Waals surface area contributed by atoms with Crippen molar-refractivity contribution in [2.24, 2.45) is 11.7 Å². The van der Waals surface area contributed by atoms with E-state index < -0.39 is 0 Å². The summed E-state index contributed by atoms with van der Waals surface area (Å²) in [7, 11) is 0. The molecule has 1 aliphatic rings. The normalized spacial score (nSPS) is 25.8. The fourth-order valence-corrected chi connectivity index (χ4v) is 1.88. The van der Waals surface area contributed by atoms with Crippen molar-refractivity contribution in [1.29, 1.82) is 0 Å². The lowest BCUT2D eigenvalue weighted by Crippen LogP contribution is -2.50. The lowest BCUT2D eigenvalue weighted by atomic mass is 9.94. The van der Waals surface area contributed by atoms with Crippen molar-refractivity contribution in [2.45, 2.75) is 25.9 Å². The van der Waals surface area contributed by atoms with E-state index in [0.717, 1.165) is 13.0 Å². The van der Waals surface area contributed by atoms with Gasteiger partial charge >= 0.3 is 0 Å². The second-order valence-corrected chi connectivity index (χ2v) is 4.36. The first-order valence-electron chi connectivity index (χ1n) is 5.52. The Morgan fingerprint density at radius 3 is 3.06 bits per heavy atom. The predicted molar refractivity (Wildman–Crippen MR) is 58.4 cm³/mol. The average molecular weight is 223 g/mol. The van der Waals surface area contributed by atoms with E-state index in [4.69, 9.17) is 5.73 Å². The van der Waals surface area contributed by atoms with Crippen molar-refractivity contribution in [3.05, 3.63) is 12.7 Å².